The van der Waals surface area contributed by atoms with Crippen molar-refractivity contribution < 1.29 is 9.53 Å². The normalized spacial score (nSPS) is 20.5. The lowest BCUT2D eigenvalue weighted by molar-refractivity contribution is -0.120. The number of nitrogens with zero attached hydrogens (tertiary/aromatic N) is 3. The summed E-state index contributed by atoms with van der Waals surface area (Å²) in [6.45, 7) is 8.23. The fraction of sp³-hybridized carbons (Fsp3) is 0.600. The van der Waals surface area contributed by atoms with Gasteiger partial charge in [0, 0.05) is 51.4 Å². The quantitative estimate of drug-likeness (QED) is 0.576. The van der Waals surface area contributed by atoms with Crippen molar-refractivity contribution in [2.75, 3.05) is 57.9 Å². The van der Waals surface area contributed by atoms with Crippen LogP contribution in [-0.4, -0.2) is 69.8 Å². The second-order valence-corrected chi connectivity index (χ2v) is 7.22. The highest BCUT2D eigenvalue weighted by molar-refractivity contribution is 5.82. The van der Waals surface area contributed by atoms with Gasteiger partial charge in [0.15, 0.2) is 5.96 Å². The topological polar surface area (TPSA) is 69.2 Å². The van der Waals surface area contributed by atoms with Gasteiger partial charge in [-0.2, -0.15) is 0 Å². The summed E-state index contributed by atoms with van der Waals surface area (Å²) in [6, 6.07) is 8.35. The zero-order valence-electron chi connectivity index (χ0n) is 16.4. The number of aliphatic imine (C=N–C) groups is 1. The van der Waals surface area contributed by atoms with Gasteiger partial charge in [0.25, 0.3) is 0 Å². The SMILES string of the molecule is CCNC(=NCc1ccc(N2CCNC(=O)C2)cc1)N(C)CC1CCOC1. The second-order valence-electron chi connectivity index (χ2n) is 7.22. The Morgan fingerprint density at radius 2 is 2.22 bits per heavy atom. The van der Waals surface area contributed by atoms with E-state index in [0.29, 0.717) is 25.6 Å². The zero-order valence-corrected chi connectivity index (χ0v) is 16.4. The van der Waals surface area contributed by atoms with Crippen molar-refractivity contribution in [3.8, 4) is 0 Å². The molecule has 7 nitrogen and oxygen atoms in total. The van der Waals surface area contributed by atoms with E-state index in [1.54, 1.807) is 0 Å². The lowest BCUT2D eigenvalue weighted by Crippen LogP contribution is -2.47. The maximum Gasteiger partial charge on any atom is 0.239 e. The number of guanidine groups is 1. The molecule has 0 aliphatic carbocycles. The zero-order chi connectivity index (χ0) is 19.1. The summed E-state index contributed by atoms with van der Waals surface area (Å²) in [4.78, 5) is 20.6. The molecule has 1 aromatic carbocycles. The predicted molar refractivity (Wildman–Crippen MR) is 108 cm³/mol. The first-order valence-corrected chi connectivity index (χ1v) is 9.83. The molecule has 2 aliphatic heterocycles. The van der Waals surface area contributed by atoms with Gasteiger partial charge in [-0.25, -0.2) is 4.99 Å². The van der Waals surface area contributed by atoms with Gasteiger partial charge in [-0.3, -0.25) is 4.79 Å². The molecule has 1 atom stereocenters. The number of nitrogens with one attached hydrogen (secondary N) is 2. The Bertz CT molecular complexity index is 640. The van der Waals surface area contributed by atoms with Crippen LogP contribution < -0.4 is 15.5 Å². The Hall–Kier alpha value is -2.28. The molecular formula is C20H31N5O2. The van der Waals surface area contributed by atoms with Crippen LogP contribution in [0.25, 0.3) is 0 Å². The van der Waals surface area contributed by atoms with Crippen molar-refractivity contribution >= 4 is 17.6 Å². The molecule has 2 N–H and O–H groups in total. The summed E-state index contributed by atoms with van der Waals surface area (Å²) in [6.07, 6.45) is 1.12. The summed E-state index contributed by atoms with van der Waals surface area (Å²) in [5, 5.41) is 6.23. The molecule has 2 aliphatic rings. The van der Waals surface area contributed by atoms with Crippen molar-refractivity contribution in [1.29, 1.82) is 0 Å². The molecule has 1 amide bonds. The molecule has 1 unspecified atom stereocenters. The first-order chi connectivity index (χ1) is 13.2. The van der Waals surface area contributed by atoms with Gasteiger partial charge in [-0.15, -0.1) is 0 Å². The number of hydrogen-bond acceptors (Lipinski definition) is 4. The molecule has 148 valence electrons. The molecule has 0 aromatic heterocycles. The number of benzene rings is 1. The third-order valence-electron chi connectivity index (χ3n) is 5.00. The fourth-order valence-electron chi connectivity index (χ4n) is 3.51. The van der Waals surface area contributed by atoms with E-state index in [-0.39, 0.29) is 5.91 Å². The lowest BCUT2D eigenvalue weighted by atomic mass is 10.1. The van der Waals surface area contributed by atoms with Crippen molar-refractivity contribution in [2.45, 2.75) is 19.9 Å². The number of ether oxygens (including phenoxy) is 1. The van der Waals surface area contributed by atoms with Gasteiger partial charge >= 0.3 is 0 Å². The number of piperazine rings is 1. The molecule has 2 heterocycles. The lowest BCUT2D eigenvalue weighted by Gasteiger charge is -2.28. The van der Waals surface area contributed by atoms with Crippen molar-refractivity contribution in [2.24, 2.45) is 10.9 Å². The second kappa shape index (κ2) is 9.60. The van der Waals surface area contributed by atoms with E-state index in [0.717, 1.165) is 56.5 Å². The fourth-order valence-corrected chi connectivity index (χ4v) is 3.51. The first-order valence-electron chi connectivity index (χ1n) is 9.83. The minimum Gasteiger partial charge on any atom is -0.381 e. The van der Waals surface area contributed by atoms with E-state index in [1.165, 1.54) is 0 Å². The summed E-state index contributed by atoms with van der Waals surface area (Å²) in [7, 11) is 2.09. The van der Waals surface area contributed by atoms with E-state index < -0.39 is 0 Å². The Balaban J connectivity index is 1.58. The van der Waals surface area contributed by atoms with Crippen LogP contribution in [0.1, 0.15) is 18.9 Å². The Morgan fingerprint density at radius 3 is 2.89 bits per heavy atom. The van der Waals surface area contributed by atoms with Crippen LogP contribution in [0.4, 0.5) is 5.69 Å². The first kappa shape index (κ1) is 19.5. The summed E-state index contributed by atoms with van der Waals surface area (Å²) < 4.78 is 5.48. The van der Waals surface area contributed by atoms with E-state index in [9.17, 15) is 4.79 Å². The Morgan fingerprint density at radius 1 is 1.41 bits per heavy atom. The van der Waals surface area contributed by atoms with Crippen molar-refractivity contribution in [3.05, 3.63) is 29.8 Å². The maximum absolute atomic E-state index is 11.6. The standard InChI is InChI=1S/C20H31N5O2/c1-3-21-20(24(2)13-17-8-11-27-15-17)23-12-16-4-6-18(7-5-16)25-10-9-22-19(26)14-25/h4-7,17H,3,8-15H2,1-2H3,(H,21,23)(H,22,26). The molecule has 2 fully saturated rings. The van der Waals surface area contributed by atoms with E-state index in [4.69, 9.17) is 9.73 Å². The van der Waals surface area contributed by atoms with Gasteiger partial charge in [-0.1, -0.05) is 12.1 Å². The molecule has 1 aromatic rings. The number of carbonyl (C=O) groups excluding carboxylic acids is 1. The highest BCUT2D eigenvalue weighted by Gasteiger charge is 2.19. The van der Waals surface area contributed by atoms with Crippen LogP contribution >= 0.6 is 0 Å². The highest BCUT2D eigenvalue weighted by Crippen LogP contribution is 2.17. The monoisotopic (exact) mass is 373 g/mol. The van der Waals surface area contributed by atoms with Gasteiger partial charge in [0.2, 0.25) is 5.91 Å². The van der Waals surface area contributed by atoms with Gasteiger partial charge in [-0.05, 0) is 31.0 Å². The molecule has 7 heteroatoms. The maximum atomic E-state index is 11.6. The molecule has 0 radical (unpaired) electrons. The molecule has 2 saturated heterocycles. The van der Waals surface area contributed by atoms with Crippen LogP contribution in [0.2, 0.25) is 0 Å². The molecule has 0 spiro atoms. The van der Waals surface area contributed by atoms with E-state index >= 15 is 0 Å². The van der Waals surface area contributed by atoms with E-state index in [2.05, 4.69) is 58.7 Å². The van der Waals surface area contributed by atoms with Gasteiger partial charge in [0.1, 0.15) is 0 Å². The third-order valence-corrected chi connectivity index (χ3v) is 5.00. The Labute approximate surface area is 161 Å². The Kier molecular flexibility index (Phi) is 6.92. The molecule has 0 saturated carbocycles. The molecule has 27 heavy (non-hydrogen) atoms. The molecule has 3 rings (SSSR count). The van der Waals surface area contributed by atoms with Crippen LogP contribution in [-0.2, 0) is 16.1 Å². The third kappa shape index (κ3) is 5.60. The summed E-state index contributed by atoms with van der Waals surface area (Å²) in [5.41, 5.74) is 2.25. The number of hydrogen-bond donors (Lipinski definition) is 2. The molecular weight excluding hydrogens is 342 g/mol. The predicted octanol–water partition coefficient (Wildman–Crippen LogP) is 1.06. The van der Waals surface area contributed by atoms with Crippen LogP contribution in [0.15, 0.2) is 29.3 Å². The van der Waals surface area contributed by atoms with Crippen molar-refractivity contribution in [3.63, 3.8) is 0 Å². The number of amides is 1. The largest absolute Gasteiger partial charge is 0.381 e. The number of anilines is 1. The average molecular weight is 374 g/mol. The van der Waals surface area contributed by atoms with Crippen LogP contribution in [0.3, 0.4) is 0 Å². The van der Waals surface area contributed by atoms with E-state index in [1.807, 2.05) is 0 Å². The minimum absolute atomic E-state index is 0.0842. The van der Waals surface area contributed by atoms with Crippen molar-refractivity contribution in [1.82, 2.24) is 15.5 Å². The minimum atomic E-state index is 0.0842. The highest BCUT2D eigenvalue weighted by atomic mass is 16.5. The number of rotatable bonds is 6. The van der Waals surface area contributed by atoms with Crippen LogP contribution in [0, 0.1) is 5.92 Å². The summed E-state index contributed by atoms with van der Waals surface area (Å²) >= 11 is 0. The number of carbonyl (C=O) groups is 1. The van der Waals surface area contributed by atoms with Gasteiger partial charge in [0.05, 0.1) is 19.7 Å². The summed E-state index contributed by atoms with van der Waals surface area (Å²) in [5.74, 6) is 1.60. The van der Waals surface area contributed by atoms with Gasteiger partial charge < -0.3 is 25.2 Å². The molecule has 0 bridgehead atoms. The van der Waals surface area contributed by atoms with Crippen LogP contribution in [0.5, 0.6) is 0 Å². The smallest absolute Gasteiger partial charge is 0.239 e. The average Bonchev–Trinajstić information content (AvgIpc) is 3.18.